The first-order valence-corrected chi connectivity index (χ1v) is 5.90. The number of aromatic nitrogens is 2. The molecule has 1 heterocycles. The highest BCUT2D eigenvalue weighted by molar-refractivity contribution is 6.42. The molecule has 0 radical (unpaired) electrons. The summed E-state index contributed by atoms with van der Waals surface area (Å²) in [5, 5.41) is 4.92. The molecule has 4 nitrogen and oxygen atoms in total. The molecular formula is C11H11Cl2N3O. The molecule has 2 aromatic rings. The zero-order valence-corrected chi connectivity index (χ0v) is 10.5. The third kappa shape index (κ3) is 3.19. The molecule has 1 aromatic carbocycles. The molecule has 0 atom stereocenters. The third-order valence-electron chi connectivity index (χ3n) is 2.21. The molecule has 2 N–H and O–H groups in total. The molecule has 0 saturated heterocycles. The van der Waals surface area contributed by atoms with Gasteiger partial charge in [0.1, 0.15) is 0 Å². The first-order chi connectivity index (χ1) is 8.19. The van der Waals surface area contributed by atoms with E-state index in [2.05, 4.69) is 10.1 Å². The van der Waals surface area contributed by atoms with Crippen molar-refractivity contribution in [1.29, 1.82) is 0 Å². The third-order valence-corrected chi connectivity index (χ3v) is 2.95. The van der Waals surface area contributed by atoms with Crippen LogP contribution in [-0.2, 0) is 12.8 Å². The zero-order valence-electron chi connectivity index (χ0n) is 8.99. The van der Waals surface area contributed by atoms with Crippen LogP contribution in [0.5, 0.6) is 0 Å². The average Bonchev–Trinajstić information content (AvgIpc) is 2.72. The maximum Gasteiger partial charge on any atom is 0.227 e. The molecule has 0 saturated carbocycles. The zero-order chi connectivity index (χ0) is 12.3. The summed E-state index contributed by atoms with van der Waals surface area (Å²) in [4.78, 5) is 4.21. The molecule has 0 aliphatic heterocycles. The van der Waals surface area contributed by atoms with Gasteiger partial charge in [-0.1, -0.05) is 34.4 Å². The van der Waals surface area contributed by atoms with E-state index in [4.69, 9.17) is 33.5 Å². The van der Waals surface area contributed by atoms with Crippen LogP contribution in [0, 0.1) is 0 Å². The van der Waals surface area contributed by atoms with Crippen molar-refractivity contribution in [1.82, 2.24) is 10.1 Å². The van der Waals surface area contributed by atoms with Gasteiger partial charge in [0.15, 0.2) is 5.82 Å². The quantitative estimate of drug-likeness (QED) is 0.928. The summed E-state index contributed by atoms with van der Waals surface area (Å²) in [6.07, 6.45) is 1.15. The lowest BCUT2D eigenvalue weighted by Gasteiger charge is -1.99. The summed E-state index contributed by atoms with van der Waals surface area (Å²) in [6.45, 7) is 0.494. The first-order valence-electron chi connectivity index (χ1n) is 5.14. The number of nitrogens with zero attached hydrogens (tertiary/aromatic N) is 2. The first kappa shape index (κ1) is 12.4. The molecular weight excluding hydrogens is 261 g/mol. The molecule has 0 bridgehead atoms. The largest absolute Gasteiger partial charge is 0.339 e. The number of rotatable bonds is 4. The fourth-order valence-corrected chi connectivity index (χ4v) is 1.74. The Morgan fingerprint density at radius 2 is 2.06 bits per heavy atom. The molecule has 6 heteroatoms. The SMILES string of the molecule is NCCc1nc(Cc2ccc(Cl)c(Cl)c2)no1. The standard InChI is InChI=1S/C11H11Cl2N3O/c12-8-2-1-7(5-9(8)13)6-10-15-11(3-4-14)17-16-10/h1-2,5H,3-4,6,14H2. The van der Waals surface area contributed by atoms with Crippen LogP contribution in [0.15, 0.2) is 22.7 Å². The summed E-state index contributed by atoms with van der Waals surface area (Å²) in [5.41, 5.74) is 6.38. The van der Waals surface area contributed by atoms with Gasteiger partial charge in [0.2, 0.25) is 5.89 Å². The van der Waals surface area contributed by atoms with E-state index >= 15 is 0 Å². The van der Waals surface area contributed by atoms with Gasteiger partial charge in [-0.25, -0.2) is 0 Å². The lowest BCUT2D eigenvalue weighted by atomic mass is 10.1. The van der Waals surface area contributed by atoms with E-state index in [1.807, 2.05) is 6.07 Å². The summed E-state index contributed by atoms with van der Waals surface area (Å²) >= 11 is 11.8. The Kier molecular flexibility index (Phi) is 3.99. The molecule has 0 fully saturated rings. The second kappa shape index (κ2) is 5.49. The maximum absolute atomic E-state index is 5.92. The van der Waals surface area contributed by atoms with E-state index in [-0.39, 0.29) is 0 Å². The van der Waals surface area contributed by atoms with Crippen molar-refractivity contribution in [2.75, 3.05) is 6.54 Å². The Bertz CT molecular complexity index is 513. The molecule has 0 amide bonds. The summed E-state index contributed by atoms with van der Waals surface area (Å²) in [7, 11) is 0. The van der Waals surface area contributed by atoms with E-state index in [0.717, 1.165) is 5.56 Å². The van der Waals surface area contributed by atoms with Gasteiger partial charge >= 0.3 is 0 Å². The molecule has 2 rings (SSSR count). The lowest BCUT2D eigenvalue weighted by Crippen LogP contribution is -2.02. The van der Waals surface area contributed by atoms with Gasteiger partial charge in [0, 0.05) is 19.4 Å². The van der Waals surface area contributed by atoms with Crippen molar-refractivity contribution in [3.8, 4) is 0 Å². The fourth-order valence-electron chi connectivity index (χ4n) is 1.42. The van der Waals surface area contributed by atoms with Crippen molar-refractivity contribution in [3.63, 3.8) is 0 Å². The Balaban J connectivity index is 2.11. The van der Waals surface area contributed by atoms with Crippen LogP contribution in [-0.4, -0.2) is 16.7 Å². The Labute approximate surface area is 109 Å². The molecule has 1 aromatic heterocycles. The number of hydrogen-bond donors (Lipinski definition) is 1. The second-order valence-electron chi connectivity index (χ2n) is 3.57. The smallest absolute Gasteiger partial charge is 0.227 e. The van der Waals surface area contributed by atoms with Crippen LogP contribution in [0.25, 0.3) is 0 Å². The Hall–Kier alpha value is -1.10. The van der Waals surface area contributed by atoms with Crippen LogP contribution in [0.2, 0.25) is 10.0 Å². The molecule has 90 valence electrons. The fraction of sp³-hybridized carbons (Fsp3) is 0.273. The highest BCUT2D eigenvalue weighted by Crippen LogP contribution is 2.23. The van der Waals surface area contributed by atoms with Gasteiger partial charge in [-0.05, 0) is 17.7 Å². The van der Waals surface area contributed by atoms with Gasteiger partial charge in [-0.3, -0.25) is 0 Å². The second-order valence-corrected chi connectivity index (χ2v) is 4.38. The predicted octanol–water partition coefficient (Wildman–Crippen LogP) is 2.47. The van der Waals surface area contributed by atoms with Gasteiger partial charge in [0.25, 0.3) is 0 Å². The maximum atomic E-state index is 5.92. The topological polar surface area (TPSA) is 64.9 Å². The molecule has 0 spiro atoms. The summed E-state index contributed by atoms with van der Waals surface area (Å²) in [6, 6.07) is 5.43. The van der Waals surface area contributed by atoms with Crippen molar-refractivity contribution in [3.05, 3.63) is 45.5 Å². The number of halogens is 2. The van der Waals surface area contributed by atoms with E-state index in [1.54, 1.807) is 12.1 Å². The minimum absolute atomic E-state index is 0.494. The molecule has 0 unspecified atom stereocenters. The Morgan fingerprint density at radius 1 is 1.24 bits per heavy atom. The van der Waals surface area contributed by atoms with E-state index in [0.29, 0.717) is 41.1 Å². The average molecular weight is 272 g/mol. The minimum Gasteiger partial charge on any atom is -0.339 e. The molecule has 0 aliphatic rings. The number of hydrogen-bond acceptors (Lipinski definition) is 4. The highest BCUT2D eigenvalue weighted by Gasteiger charge is 2.07. The van der Waals surface area contributed by atoms with E-state index < -0.39 is 0 Å². The number of benzene rings is 1. The van der Waals surface area contributed by atoms with Crippen LogP contribution in [0.1, 0.15) is 17.3 Å². The van der Waals surface area contributed by atoms with Crippen LogP contribution in [0.4, 0.5) is 0 Å². The van der Waals surface area contributed by atoms with Crippen LogP contribution in [0.3, 0.4) is 0 Å². The molecule has 0 aliphatic carbocycles. The normalized spacial score (nSPS) is 10.8. The summed E-state index contributed by atoms with van der Waals surface area (Å²) in [5.74, 6) is 1.18. The number of nitrogens with two attached hydrogens (primary N) is 1. The monoisotopic (exact) mass is 271 g/mol. The lowest BCUT2D eigenvalue weighted by molar-refractivity contribution is 0.375. The summed E-state index contributed by atoms with van der Waals surface area (Å²) < 4.78 is 5.03. The predicted molar refractivity (Wildman–Crippen MR) is 66.3 cm³/mol. The van der Waals surface area contributed by atoms with E-state index in [1.165, 1.54) is 0 Å². The van der Waals surface area contributed by atoms with Gasteiger partial charge in [0.05, 0.1) is 10.0 Å². The van der Waals surface area contributed by atoms with Crippen molar-refractivity contribution in [2.45, 2.75) is 12.8 Å². The van der Waals surface area contributed by atoms with Crippen molar-refractivity contribution >= 4 is 23.2 Å². The van der Waals surface area contributed by atoms with Gasteiger partial charge in [-0.15, -0.1) is 0 Å². The Morgan fingerprint density at radius 3 is 2.76 bits per heavy atom. The van der Waals surface area contributed by atoms with Gasteiger partial charge in [-0.2, -0.15) is 4.98 Å². The van der Waals surface area contributed by atoms with Crippen molar-refractivity contribution in [2.24, 2.45) is 5.73 Å². The van der Waals surface area contributed by atoms with E-state index in [9.17, 15) is 0 Å². The van der Waals surface area contributed by atoms with Gasteiger partial charge < -0.3 is 10.3 Å². The van der Waals surface area contributed by atoms with Crippen molar-refractivity contribution < 1.29 is 4.52 Å². The minimum atomic E-state index is 0.494. The van der Waals surface area contributed by atoms with Crippen LogP contribution < -0.4 is 5.73 Å². The van der Waals surface area contributed by atoms with Crippen LogP contribution >= 0.6 is 23.2 Å². The highest BCUT2D eigenvalue weighted by atomic mass is 35.5. The molecule has 17 heavy (non-hydrogen) atoms.